The predicted molar refractivity (Wildman–Crippen MR) is 77.1 cm³/mol. The summed E-state index contributed by atoms with van der Waals surface area (Å²) < 4.78 is 6.54. The van der Waals surface area contributed by atoms with Crippen LogP contribution in [0.3, 0.4) is 0 Å². The van der Waals surface area contributed by atoms with Crippen LogP contribution < -0.4 is 5.32 Å². The Morgan fingerprint density at radius 1 is 1.58 bits per heavy atom. The number of hydrogen-bond donors (Lipinski definition) is 2. The molecule has 2 heterocycles. The molecule has 1 aromatic rings. The molecule has 2 rings (SSSR count). The van der Waals surface area contributed by atoms with Crippen molar-refractivity contribution in [3.05, 3.63) is 10.2 Å². The van der Waals surface area contributed by atoms with Crippen LogP contribution in [0.1, 0.15) is 45.2 Å². The van der Waals surface area contributed by atoms with Crippen LogP contribution >= 0.6 is 15.9 Å². The predicted octanol–water partition coefficient (Wildman–Crippen LogP) is 3.02. The SMILES string of the molecule is CCc1[nH]nc(NC(=O)CC[C@@H]2CC[C@H](C)O2)c1Br. The van der Waals surface area contributed by atoms with Crippen molar-refractivity contribution in [2.75, 3.05) is 5.32 Å². The van der Waals surface area contributed by atoms with Crippen molar-refractivity contribution in [3.8, 4) is 0 Å². The van der Waals surface area contributed by atoms with E-state index in [1.54, 1.807) is 0 Å². The maximum Gasteiger partial charge on any atom is 0.225 e. The summed E-state index contributed by atoms with van der Waals surface area (Å²) in [4.78, 5) is 11.9. The van der Waals surface area contributed by atoms with Crippen LogP contribution in [0.15, 0.2) is 4.47 Å². The first kappa shape index (κ1) is 14.5. The molecule has 0 aromatic carbocycles. The van der Waals surface area contributed by atoms with E-state index in [-0.39, 0.29) is 12.0 Å². The lowest BCUT2D eigenvalue weighted by molar-refractivity contribution is -0.116. The molecule has 1 aromatic heterocycles. The number of carbonyl (C=O) groups excluding carboxylic acids is 1. The molecule has 0 spiro atoms. The molecule has 1 amide bonds. The van der Waals surface area contributed by atoms with E-state index >= 15 is 0 Å². The molecule has 0 bridgehead atoms. The zero-order valence-corrected chi connectivity index (χ0v) is 12.9. The molecule has 106 valence electrons. The van der Waals surface area contributed by atoms with Crippen molar-refractivity contribution in [1.29, 1.82) is 0 Å². The van der Waals surface area contributed by atoms with Gasteiger partial charge in [0.25, 0.3) is 0 Å². The molecule has 1 fully saturated rings. The molecule has 5 nitrogen and oxygen atoms in total. The minimum atomic E-state index is -0.0157. The van der Waals surface area contributed by atoms with Gasteiger partial charge in [-0.15, -0.1) is 0 Å². The Morgan fingerprint density at radius 2 is 2.37 bits per heavy atom. The number of H-pyrrole nitrogens is 1. The first-order chi connectivity index (χ1) is 9.10. The van der Waals surface area contributed by atoms with Crippen LogP contribution in [0.4, 0.5) is 5.82 Å². The number of aryl methyl sites for hydroxylation is 1. The number of anilines is 1. The Bertz CT molecular complexity index is 447. The second-order valence-corrected chi connectivity index (χ2v) is 5.74. The fourth-order valence-corrected chi connectivity index (χ4v) is 2.82. The molecule has 6 heteroatoms. The summed E-state index contributed by atoms with van der Waals surface area (Å²) in [5, 5.41) is 9.80. The van der Waals surface area contributed by atoms with Crippen LogP contribution in [0.5, 0.6) is 0 Å². The van der Waals surface area contributed by atoms with Crippen LogP contribution in [0.2, 0.25) is 0 Å². The second kappa shape index (κ2) is 6.52. The minimum absolute atomic E-state index is 0.0157. The number of amides is 1. The zero-order valence-electron chi connectivity index (χ0n) is 11.3. The molecular formula is C13H20BrN3O2. The van der Waals surface area contributed by atoms with E-state index < -0.39 is 0 Å². The van der Waals surface area contributed by atoms with Crippen LogP contribution in [0, 0.1) is 0 Å². The minimum Gasteiger partial charge on any atom is -0.375 e. The third kappa shape index (κ3) is 3.79. The molecule has 2 N–H and O–H groups in total. The number of carbonyl (C=O) groups is 1. The quantitative estimate of drug-likeness (QED) is 0.872. The van der Waals surface area contributed by atoms with Gasteiger partial charge in [0.1, 0.15) is 0 Å². The fourth-order valence-electron chi connectivity index (χ4n) is 2.27. The number of hydrogen-bond acceptors (Lipinski definition) is 3. The highest BCUT2D eigenvalue weighted by Crippen LogP contribution is 2.25. The van der Waals surface area contributed by atoms with Crippen LogP contribution in [-0.2, 0) is 16.0 Å². The maximum absolute atomic E-state index is 11.9. The van der Waals surface area contributed by atoms with Gasteiger partial charge < -0.3 is 10.1 Å². The van der Waals surface area contributed by atoms with Gasteiger partial charge in [-0.2, -0.15) is 5.10 Å². The van der Waals surface area contributed by atoms with Crippen molar-refractivity contribution in [1.82, 2.24) is 10.2 Å². The van der Waals surface area contributed by atoms with E-state index in [2.05, 4.69) is 38.4 Å². The highest BCUT2D eigenvalue weighted by molar-refractivity contribution is 9.10. The lowest BCUT2D eigenvalue weighted by Gasteiger charge is -2.10. The van der Waals surface area contributed by atoms with E-state index in [0.29, 0.717) is 18.3 Å². The summed E-state index contributed by atoms with van der Waals surface area (Å²) in [5.41, 5.74) is 0.989. The fraction of sp³-hybridized carbons (Fsp3) is 0.692. The second-order valence-electron chi connectivity index (χ2n) is 4.95. The van der Waals surface area contributed by atoms with Gasteiger partial charge in [-0.05, 0) is 48.5 Å². The van der Waals surface area contributed by atoms with Gasteiger partial charge in [0.15, 0.2) is 5.82 Å². The molecule has 0 aliphatic carbocycles. The smallest absolute Gasteiger partial charge is 0.225 e. The molecule has 1 aliphatic heterocycles. The number of aromatic amines is 1. The number of ether oxygens (including phenoxy) is 1. The molecule has 1 aliphatic rings. The molecular weight excluding hydrogens is 310 g/mol. The molecule has 1 saturated heterocycles. The topological polar surface area (TPSA) is 67.0 Å². The number of rotatable bonds is 5. The van der Waals surface area contributed by atoms with E-state index in [9.17, 15) is 4.79 Å². The van der Waals surface area contributed by atoms with Gasteiger partial charge in [0, 0.05) is 6.42 Å². The summed E-state index contributed by atoms with van der Waals surface area (Å²) in [7, 11) is 0. The van der Waals surface area contributed by atoms with Gasteiger partial charge in [0.05, 0.1) is 22.4 Å². The van der Waals surface area contributed by atoms with Gasteiger partial charge >= 0.3 is 0 Å². The number of halogens is 1. The zero-order chi connectivity index (χ0) is 13.8. The summed E-state index contributed by atoms with van der Waals surface area (Å²) in [6.07, 6.45) is 4.81. The van der Waals surface area contributed by atoms with Crippen molar-refractivity contribution in [2.45, 2.75) is 58.2 Å². The number of aromatic nitrogens is 2. The van der Waals surface area contributed by atoms with Gasteiger partial charge in [-0.1, -0.05) is 6.92 Å². The van der Waals surface area contributed by atoms with Crippen molar-refractivity contribution >= 4 is 27.7 Å². The van der Waals surface area contributed by atoms with Crippen molar-refractivity contribution in [3.63, 3.8) is 0 Å². The molecule has 0 unspecified atom stereocenters. The van der Waals surface area contributed by atoms with Gasteiger partial charge in [0.2, 0.25) is 5.91 Å². The Kier molecular flexibility index (Phi) is 4.99. The number of nitrogens with one attached hydrogen (secondary N) is 2. The highest BCUT2D eigenvalue weighted by Gasteiger charge is 2.22. The third-order valence-electron chi connectivity index (χ3n) is 3.40. The maximum atomic E-state index is 11.9. The lowest BCUT2D eigenvalue weighted by Crippen LogP contribution is -2.16. The largest absolute Gasteiger partial charge is 0.375 e. The lowest BCUT2D eigenvalue weighted by atomic mass is 10.1. The highest BCUT2D eigenvalue weighted by atomic mass is 79.9. The van der Waals surface area contributed by atoms with E-state index in [0.717, 1.165) is 35.8 Å². The summed E-state index contributed by atoms with van der Waals surface area (Å²) in [6, 6.07) is 0. The number of nitrogens with zero attached hydrogens (tertiary/aromatic N) is 1. The monoisotopic (exact) mass is 329 g/mol. The van der Waals surface area contributed by atoms with E-state index in [4.69, 9.17) is 4.74 Å². The summed E-state index contributed by atoms with van der Waals surface area (Å²) in [6.45, 7) is 4.11. The summed E-state index contributed by atoms with van der Waals surface area (Å²) >= 11 is 3.43. The van der Waals surface area contributed by atoms with Gasteiger partial charge in [-0.25, -0.2) is 0 Å². The van der Waals surface area contributed by atoms with Crippen molar-refractivity contribution < 1.29 is 9.53 Å². The molecule has 0 saturated carbocycles. The van der Waals surface area contributed by atoms with Gasteiger partial charge in [-0.3, -0.25) is 9.89 Å². The molecule has 2 atom stereocenters. The Labute approximate surface area is 121 Å². The first-order valence-corrected chi connectivity index (χ1v) is 7.57. The Hall–Kier alpha value is -0.880. The standard InChI is InChI=1S/C13H20BrN3O2/c1-3-10-12(14)13(17-16-10)15-11(18)7-6-9-5-4-8(2)19-9/h8-9H,3-7H2,1-2H3,(H2,15,16,17,18)/t8-,9-/m0/s1. The Morgan fingerprint density at radius 3 is 2.95 bits per heavy atom. The van der Waals surface area contributed by atoms with Crippen molar-refractivity contribution in [2.24, 2.45) is 0 Å². The third-order valence-corrected chi connectivity index (χ3v) is 4.25. The van der Waals surface area contributed by atoms with E-state index in [1.165, 1.54) is 0 Å². The molecule has 0 radical (unpaired) electrons. The van der Waals surface area contributed by atoms with Crippen LogP contribution in [0.25, 0.3) is 0 Å². The summed E-state index contributed by atoms with van der Waals surface area (Å²) in [5.74, 6) is 0.556. The van der Waals surface area contributed by atoms with Crippen LogP contribution in [-0.4, -0.2) is 28.3 Å². The molecule has 19 heavy (non-hydrogen) atoms. The normalized spacial score (nSPS) is 22.7. The Balaban J connectivity index is 1.79. The van der Waals surface area contributed by atoms with E-state index in [1.807, 2.05) is 6.92 Å². The average Bonchev–Trinajstić information content (AvgIpc) is 2.95. The average molecular weight is 330 g/mol. The first-order valence-electron chi connectivity index (χ1n) is 6.78.